The van der Waals surface area contributed by atoms with Crippen LogP contribution >= 0.6 is 0 Å². The number of rotatable bonds is 5. The number of para-hydroxylation sites is 1. The van der Waals surface area contributed by atoms with Crippen LogP contribution in [0.3, 0.4) is 0 Å². The molecule has 4 N–H and O–H groups in total. The number of anilines is 1. The zero-order valence-electron chi connectivity index (χ0n) is 15.7. The third kappa shape index (κ3) is 4.72. The van der Waals surface area contributed by atoms with E-state index in [0.29, 0.717) is 11.1 Å². The van der Waals surface area contributed by atoms with E-state index in [2.05, 4.69) is 5.32 Å². The van der Waals surface area contributed by atoms with Crippen molar-refractivity contribution in [1.29, 1.82) is 0 Å². The van der Waals surface area contributed by atoms with Crippen molar-refractivity contribution in [2.75, 3.05) is 5.32 Å². The van der Waals surface area contributed by atoms with Crippen LogP contribution in [0.15, 0.2) is 66.7 Å². The van der Waals surface area contributed by atoms with Gasteiger partial charge in [0.25, 0.3) is 5.91 Å². The van der Waals surface area contributed by atoms with Crippen LogP contribution < -0.4 is 11.1 Å². The first kappa shape index (κ1) is 21.6. The predicted molar refractivity (Wildman–Crippen MR) is 107 cm³/mol. The number of hydrogen-bond acceptors (Lipinski definition) is 3. The fourth-order valence-electron chi connectivity index (χ4n) is 2.95. The van der Waals surface area contributed by atoms with E-state index in [-0.39, 0.29) is 22.4 Å². The molecule has 0 fully saturated rings. The second kappa shape index (κ2) is 8.31. The molecule has 6 nitrogen and oxygen atoms in total. The molecule has 3 rings (SSSR count). The quantitative estimate of drug-likeness (QED) is 0.559. The number of nitrogens with one attached hydrogen (secondary N) is 1. The van der Waals surface area contributed by atoms with Gasteiger partial charge in [-0.1, -0.05) is 30.3 Å². The number of benzene rings is 3. The lowest BCUT2D eigenvalue weighted by atomic mass is 10.00. The van der Waals surface area contributed by atoms with Crippen molar-refractivity contribution in [2.45, 2.75) is 6.18 Å². The van der Waals surface area contributed by atoms with E-state index in [1.165, 1.54) is 18.2 Å². The first-order valence-electron chi connectivity index (χ1n) is 8.83. The maximum Gasteiger partial charge on any atom is 0.416 e. The van der Waals surface area contributed by atoms with Crippen molar-refractivity contribution in [1.82, 2.24) is 0 Å². The van der Waals surface area contributed by atoms with Crippen LogP contribution in [0.5, 0.6) is 0 Å². The molecule has 31 heavy (non-hydrogen) atoms. The van der Waals surface area contributed by atoms with E-state index in [1.807, 2.05) is 0 Å². The maximum atomic E-state index is 12.8. The number of carbonyl (C=O) groups excluding carboxylic acids is 2. The Hall–Kier alpha value is -4.14. The second-order valence-corrected chi connectivity index (χ2v) is 6.50. The summed E-state index contributed by atoms with van der Waals surface area (Å²) in [6.45, 7) is 0. The lowest BCUT2D eigenvalue weighted by Gasteiger charge is -2.14. The van der Waals surface area contributed by atoms with Crippen LogP contribution in [-0.2, 0) is 6.18 Å². The molecule has 0 spiro atoms. The number of halogens is 3. The molecule has 0 heterocycles. The Labute approximate surface area is 174 Å². The average Bonchev–Trinajstić information content (AvgIpc) is 2.73. The van der Waals surface area contributed by atoms with E-state index in [4.69, 9.17) is 10.8 Å². The van der Waals surface area contributed by atoms with Gasteiger partial charge in [-0.25, -0.2) is 4.79 Å². The molecule has 0 aliphatic rings. The fraction of sp³-hybridized carbons (Fsp3) is 0.0455. The molecule has 0 unspecified atom stereocenters. The van der Waals surface area contributed by atoms with E-state index in [9.17, 15) is 27.6 Å². The third-order valence-corrected chi connectivity index (χ3v) is 4.48. The van der Waals surface area contributed by atoms with Crippen molar-refractivity contribution >= 4 is 23.5 Å². The average molecular weight is 428 g/mol. The lowest BCUT2D eigenvalue weighted by Crippen LogP contribution is -2.21. The van der Waals surface area contributed by atoms with E-state index in [1.54, 1.807) is 18.2 Å². The van der Waals surface area contributed by atoms with Crippen LogP contribution in [0.1, 0.15) is 36.6 Å². The Morgan fingerprint density at radius 3 is 2.10 bits per heavy atom. The first-order chi connectivity index (χ1) is 14.6. The van der Waals surface area contributed by atoms with Crippen LogP contribution in [0, 0.1) is 0 Å². The Balaban J connectivity index is 1.98. The van der Waals surface area contributed by atoms with Gasteiger partial charge in [0, 0.05) is 11.3 Å². The molecule has 2 amide bonds. The van der Waals surface area contributed by atoms with Crippen molar-refractivity contribution in [3.05, 3.63) is 89.0 Å². The number of carboxylic acids is 1. The summed E-state index contributed by atoms with van der Waals surface area (Å²) in [5.74, 6) is -3.01. The number of carboxylic acid groups (broad SMARTS) is 1. The number of nitrogens with two attached hydrogens (primary N) is 1. The fourth-order valence-corrected chi connectivity index (χ4v) is 2.95. The monoisotopic (exact) mass is 428 g/mol. The molecule has 0 aliphatic carbocycles. The highest BCUT2D eigenvalue weighted by Gasteiger charge is 2.30. The molecule has 0 atom stereocenters. The molecule has 3 aromatic rings. The number of alkyl halides is 3. The van der Waals surface area contributed by atoms with Gasteiger partial charge in [0.15, 0.2) is 0 Å². The molecule has 0 aromatic heterocycles. The molecular weight excluding hydrogens is 413 g/mol. The standard InChI is InChI=1S/C22H15F3N2O4/c23-22(24,25)14-8-5-12(6-9-14)15-3-1-2-4-18(15)27-20(29)17-11-13(21(30)31)7-10-16(17)19(26)28/h1-11H,(H2,26,28)(H,27,29)(H,30,31). The van der Waals surface area contributed by atoms with Gasteiger partial charge in [-0.05, 0) is 42.0 Å². The largest absolute Gasteiger partial charge is 0.478 e. The summed E-state index contributed by atoms with van der Waals surface area (Å²) in [5, 5.41) is 11.7. The number of hydrogen-bond donors (Lipinski definition) is 3. The van der Waals surface area contributed by atoms with Gasteiger partial charge in [0.2, 0.25) is 5.91 Å². The summed E-state index contributed by atoms with van der Waals surface area (Å²) in [5.41, 5.74) is 4.94. The number of carbonyl (C=O) groups is 3. The molecule has 0 aliphatic heterocycles. The van der Waals surface area contributed by atoms with Gasteiger partial charge in [-0.15, -0.1) is 0 Å². The Bertz CT molecular complexity index is 1170. The smallest absolute Gasteiger partial charge is 0.416 e. The molecule has 0 saturated carbocycles. The van der Waals surface area contributed by atoms with Crippen molar-refractivity contribution in [3.63, 3.8) is 0 Å². The number of primary amides is 1. The summed E-state index contributed by atoms with van der Waals surface area (Å²) in [6.07, 6.45) is -4.48. The minimum absolute atomic E-state index is 0.172. The molecular formula is C22H15F3N2O4. The van der Waals surface area contributed by atoms with E-state index < -0.39 is 29.5 Å². The second-order valence-electron chi connectivity index (χ2n) is 6.50. The minimum Gasteiger partial charge on any atom is -0.478 e. The molecule has 3 aromatic carbocycles. The molecule has 0 radical (unpaired) electrons. The van der Waals surface area contributed by atoms with Crippen LogP contribution in [-0.4, -0.2) is 22.9 Å². The normalized spacial score (nSPS) is 11.1. The van der Waals surface area contributed by atoms with E-state index in [0.717, 1.165) is 30.3 Å². The van der Waals surface area contributed by atoms with Gasteiger partial charge in [-0.2, -0.15) is 13.2 Å². The van der Waals surface area contributed by atoms with Gasteiger partial charge in [-0.3, -0.25) is 9.59 Å². The molecule has 0 bridgehead atoms. The minimum atomic E-state index is -4.48. The summed E-state index contributed by atoms with van der Waals surface area (Å²) in [4.78, 5) is 35.7. The van der Waals surface area contributed by atoms with Crippen molar-refractivity contribution in [3.8, 4) is 11.1 Å². The molecule has 158 valence electrons. The topological polar surface area (TPSA) is 109 Å². The molecule has 0 saturated heterocycles. The maximum absolute atomic E-state index is 12.8. The highest BCUT2D eigenvalue weighted by atomic mass is 19.4. The SMILES string of the molecule is NC(=O)c1ccc(C(=O)O)cc1C(=O)Nc1ccccc1-c1ccc(C(F)(F)F)cc1. The summed E-state index contributed by atoms with van der Waals surface area (Å²) < 4.78 is 38.5. The van der Waals surface area contributed by atoms with Crippen LogP contribution in [0.25, 0.3) is 11.1 Å². The Morgan fingerprint density at radius 2 is 1.52 bits per heavy atom. The van der Waals surface area contributed by atoms with Crippen molar-refractivity contribution < 1.29 is 32.7 Å². The van der Waals surface area contributed by atoms with Gasteiger partial charge in [0.1, 0.15) is 0 Å². The highest BCUT2D eigenvalue weighted by molar-refractivity contribution is 6.13. The Morgan fingerprint density at radius 1 is 0.871 bits per heavy atom. The zero-order valence-corrected chi connectivity index (χ0v) is 15.7. The van der Waals surface area contributed by atoms with E-state index >= 15 is 0 Å². The number of amides is 2. The Kier molecular flexibility index (Phi) is 5.78. The van der Waals surface area contributed by atoms with Gasteiger partial charge >= 0.3 is 12.1 Å². The van der Waals surface area contributed by atoms with Gasteiger partial charge < -0.3 is 16.2 Å². The van der Waals surface area contributed by atoms with Crippen LogP contribution in [0.4, 0.5) is 18.9 Å². The molecule has 9 heteroatoms. The van der Waals surface area contributed by atoms with Gasteiger partial charge in [0.05, 0.1) is 22.3 Å². The lowest BCUT2D eigenvalue weighted by molar-refractivity contribution is -0.137. The summed E-state index contributed by atoms with van der Waals surface area (Å²) in [6, 6.07) is 14.1. The predicted octanol–water partition coefficient (Wildman–Crippen LogP) is 4.42. The summed E-state index contributed by atoms with van der Waals surface area (Å²) in [7, 11) is 0. The third-order valence-electron chi connectivity index (χ3n) is 4.48. The van der Waals surface area contributed by atoms with Crippen molar-refractivity contribution in [2.24, 2.45) is 5.73 Å². The zero-order chi connectivity index (χ0) is 22.8. The summed E-state index contributed by atoms with van der Waals surface area (Å²) >= 11 is 0. The highest BCUT2D eigenvalue weighted by Crippen LogP contribution is 2.33. The number of aromatic carboxylic acids is 1. The first-order valence-corrected chi connectivity index (χ1v) is 8.83. The van der Waals surface area contributed by atoms with Crippen LogP contribution in [0.2, 0.25) is 0 Å².